The van der Waals surface area contributed by atoms with Gasteiger partial charge in [-0.1, -0.05) is 19.1 Å². The summed E-state index contributed by atoms with van der Waals surface area (Å²) < 4.78 is 0. The molecular formula is C18H24N2. The van der Waals surface area contributed by atoms with Crippen LogP contribution in [0, 0.1) is 12.8 Å². The standard InChI is InChI=1S/C18H24N2/c1-13-3-8-17(9-4-13)19-12-15-6-10-18-16(11-15)7-5-14(2)20-18/h5-7,10-11,13,17,19H,3-4,8-9,12H2,1-2H3. The van der Waals surface area contributed by atoms with Gasteiger partial charge in [-0.25, -0.2) is 0 Å². The van der Waals surface area contributed by atoms with Crippen LogP contribution in [-0.2, 0) is 6.54 Å². The zero-order valence-corrected chi connectivity index (χ0v) is 12.5. The molecule has 0 unspecified atom stereocenters. The molecule has 2 heteroatoms. The number of benzene rings is 1. The van der Waals surface area contributed by atoms with Crippen molar-refractivity contribution in [2.45, 2.75) is 52.1 Å². The number of aromatic nitrogens is 1. The predicted octanol–water partition coefficient (Wildman–Crippen LogP) is 4.21. The number of nitrogens with one attached hydrogen (secondary N) is 1. The van der Waals surface area contributed by atoms with Crippen LogP contribution < -0.4 is 5.32 Å². The van der Waals surface area contributed by atoms with E-state index in [4.69, 9.17) is 0 Å². The van der Waals surface area contributed by atoms with Gasteiger partial charge < -0.3 is 5.32 Å². The van der Waals surface area contributed by atoms with Gasteiger partial charge in [0.05, 0.1) is 5.52 Å². The van der Waals surface area contributed by atoms with Crippen molar-refractivity contribution in [3.05, 3.63) is 41.6 Å². The van der Waals surface area contributed by atoms with E-state index in [2.05, 4.69) is 47.6 Å². The van der Waals surface area contributed by atoms with Crippen molar-refractivity contribution in [2.75, 3.05) is 0 Å². The van der Waals surface area contributed by atoms with Gasteiger partial charge in [0.25, 0.3) is 0 Å². The van der Waals surface area contributed by atoms with Gasteiger partial charge in [-0.3, -0.25) is 4.98 Å². The Morgan fingerprint density at radius 2 is 1.90 bits per heavy atom. The Balaban J connectivity index is 1.64. The number of nitrogens with zero attached hydrogens (tertiary/aromatic N) is 1. The number of pyridine rings is 1. The predicted molar refractivity (Wildman–Crippen MR) is 84.7 cm³/mol. The van der Waals surface area contributed by atoms with Crippen molar-refractivity contribution in [3.63, 3.8) is 0 Å². The lowest BCUT2D eigenvalue weighted by Gasteiger charge is -2.27. The van der Waals surface area contributed by atoms with Crippen LogP contribution in [-0.4, -0.2) is 11.0 Å². The molecule has 2 aromatic rings. The number of fused-ring (bicyclic) bond motifs is 1. The van der Waals surface area contributed by atoms with E-state index in [0.29, 0.717) is 6.04 Å². The van der Waals surface area contributed by atoms with Gasteiger partial charge in [-0.2, -0.15) is 0 Å². The topological polar surface area (TPSA) is 24.9 Å². The average Bonchev–Trinajstić information content (AvgIpc) is 2.46. The summed E-state index contributed by atoms with van der Waals surface area (Å²) in [5.74, 6) is 0.919. The molecule has 0 saturated heterocycles. The molecule has 1 N–H and O–H groups in total. The fourth-order valence-corrected chi connectivity index (χ4v) is 3.11. The molecule has 1 aliphatic rings. The van der Waals surface area contributed by atoms with E-state index in [1.54, 1.807) is 0 Å². The van der Waals surface area contributed by atoms with Crippen molar-refractivity contribution in [1.29, 1.82) is 0 Å². The Labute approximate surface area is 121 Å². The lowest BCUT2D eigenvalue weighted by Crippen LogP contribution is -2.32. The molecule has 1 heterocycles. The molecule has 1 fully saturated rings. The largest absolute Gasteiger partial charge is 0.310 e. The molecule has 1 aliphatic carbocycles. The highest BCUT2D eigenvalue weighted by molar-refractivity contribution is 5.79. The van der Waals surface area contributed by atoms with Crippen molar-refractivity contribution >= 4 is 10.9 Å². The van der Waals surface area contributed by atoms with Crippen LogP contribution in [0.25, 0.3) is 10.9 Å². The molecule has 0 amide bonds. The molecule has 1 saturated carbocycles. The van der Waals surface area contributed by atoms with Gasteiger partial charge in [-0.05, 0) is 62.3 Å². The Morgan fingerprint density at radius 3 is 2.70 bits per heavy atom. The molecule has 0 bridgehead atoms. The molecule has 1 aromatic carbocycles. The van der Waals surface area contributed by atoms with Gasteiger partial charge >= 0.3 is 0 Å². The van der Waals surface area contributed by atoms with Gasteiger partial charge in [0.15, 0.2) is 0 Å². The van der Waals surface area contributed by atoms with E-state index in [0.717, 1.165) is 23.7 Å². The van der Waals surface area contributed by atoms with Crippen molar-refractivity contribution in [3.8, 4) is 0 Å². The van der Waals surface area contributed by atoms with E-state index in [1.807, 2.05) is 6.92 Å². The van der Waals surface area contributed by atoms with Crippen LogP contribution in [0.1, 0.15) is 43.9 Å². The summed E-state index contributed by atoms with van der Waals surface area (Å²) in [5.41, 5.74) is 3.54. The highest BCUT2D eigenvalue weighted by Gasteiger charge is 2.17. The molecule has 3 rings (SSSR count). The maximum atomic E-state index is 4.55. The minimum absolute atomic E-state index is 0.707. The summed E-state index contributed by atoms with van der Waals surface area (Å²) >= 11 is 0. The van der Waals surface area contributed by atoms with Gasteiger partial charge in [0, 0.05) is 23.7 Å². The lowest BCUT2D eigenvalue weighted by atomic mass is 9.87. The second-order valence-corrected chi connectivity index (χ2v) is 6.32. The quantitative estimate of drug-likeness (QED) is 0.902. The molecule has 1 aromatic heterocycles. The van der Waals surface area contributed by atoms with Crippen molar-refractivity contribution in [2.24, 2.45) is 5.92 Å². The van der Waals surface area contributed by atoms with E-state index >= 15 is 0 Å². The summed E-state index contributed by atoms with van der Waals surface area (Å²) in [6.07, 6.45) is 5.40. The van der Waals surface area contributed by atoms with Gasteiger partial charge in [-0.15, -0.1) is 0 Å². The molecular weight excluding hydrogens is 244 g/mol. The SMILES string of the molecule is Cc1ccc2cc(CNC3CCC(C)CC3)ccc2n1. The van der Waals surface area contributed by atoms with Crippen molar-refractivity contribution in [1.82, 2.24) is 10.3 Å². The second-order valence-electron chi connectivity index (χ2n) is 6.32. The number of hydrogen-bond acceptors (Lipinski definition) is 2. The first kappa shape index (κ1) is 13.6. The first-order valence-corrected chi connectivity index (χ1v) is 7.80. The molecule has 20 heavy (non-hydrogen) atoms. The van der Waals surface area contributed by atoms with Crippen molar-refractivity contribution < 1.29 is 0 Å². The molecule has 0 atom stereocenters. The second kappa shape index (κ2) is 5.92. The van der Waals surface area contributed by atoms with Crippen LogP contribution in [0.5, 0.6) is 0 Å². The normalized spacial score (nSPS) is 23.1. The lowest BCUT2D eigenvalue weighted by molar-refractivity contribution is 0.306. The fourth-order valence-electron chi connectivity index (χ4n) is 3.11. The Morgan fingerprint density at radius 1 is 1.10 bits per heavy atom. The highest BCUT2D eigenvalue weighted by Crippen LogP contribution is 2.24. The van der Waals surface area contributed by atoms with E-state index in [-0.39, 0.29) is 0 Å². The third-order valence-electron chi connectivity index (χ3n) is 4.50. The van der Waals surface area contributed by atoms with Gasteiger partial charge in [0.2, 0.25) is 0 Å². The maximum Gasteiger partial charge on any atom is 0.0705 e. The first-order valence-electron chi connectivity index (χ1n) is 7.80. The third-order valence-corrected chi connectivity index (χ3v) is 4.50. The van der Waals surface area contributed by atoms with E-state index in [9.17, 15) is 0 Å². The highest BCUT2D eigenvalue weighted by atomic mass is 14.9. The molecule has 0 radical (unpaired) electrons. The molecule has 2 nitrogen and oxygen atoms in total. The molecule has 0 spiro atoms. The van der Waals surface area contributed by atoms with Crippen LogP contribution in [0.4, 0.5) is 0 Å². The van der Waals surface area contributed by atoms with E-state index < -0.39 is 0 Å². The van der Waals surface area contributed by atoms with Crippen LogP contribution in [0.3, 0.4) is 0 Å². The van der Waals surface area contributed by atoms with Crippen LogP contribution in [0.15, 0.2) is 30.3 Å². The monoisotopic (exact) mass is 268 g/mol. The Kier molecular flexibility index (Phi) is 4.02. The Bertz CT molecular complexity index is 583. The van der Waals surface area contributed by atoms with Crippen LogP contribution in [0.2, 0.25) is 0 Å². The Hall–Kier alpha value is -1.41. The minimum atomic E-state index is 0.707. The number of aryl methyl sites for hydroxylation is 1. The fraction of sp³-hybridized carbons (Fsp3) is 0.500. The average molecular weight is 268 g/mol. The summed E-state index contributed by atoms with van der Waals surface area (Å²) in [4.78, 5) is 4.55. The zero-order valence-electron chi connectivity index (χ0n) is 12.5. The summed E-state index contributed by atoms with van der Waals surface area (Å²) in [6.45, 7) is 5.39. The number of hydrogen-bond donors (Lipinski definition) is 1. The number of rotatable bonds is 3. The molecule has 106 valence electrons. The zero-order chi connectivity index (χ0) is 13.9. The molecule has 0 aliphatic heterocycles. The minimum Gasteiger partial charge on any atom is -0.310 e. The summed E-state index contributed by atoms with van der Waals surface area (Å²) in [5, 5.41) is 4.96. The summed E-state index contributed by atoms with van der Waals surface area (Å²) in [7, 11) is 0. The van der Waals surface area contributed by atoms with Crippen LogP contribution >= 0.6 is 0 Å². The smallest absolute Gasteiger partial charge is 0.0705 e. The summed E-state index contributed by atoms with van der Waals surface area (Å²) in [6, 6.07) is 11.6. The van der Waals surface area contributed by atoms with E-state index in [1.165, 1.54) is 36.6 Å². The maximum absolute atomic E-state index is 4.55. The first-order chi connectivity index (χ1) is 9.70. The van der Waals surface area contributed by atoms with Gasteiger partial charge in [0.1, 0.15) is 0 Å². The third kappa shape index (κ3) is 3.18.